The summed E-state index contributed by atoms with van der Waals surface area (Å²) in [6.45, 7) is 0. The molecule has 0 saturated carbocycles. The average molecular weight is 315 g/mol. The second-order valence-corrected chi connectivity index (χ2v) is 4.93. The largest absolute Gasteiger partial charge is 0.398 e. The monoisotopic (exact) mass is 314 g/mol. The minimum absolute atomic E-state index is 0.601. The normalized spacial score (nSPS) is 10.6. The molecule has 94 valence electrons. The summed E-state index contributed by atoms with van der Waals surface area (Å²) < 4.78 is 0.971. The third kappa shape index (κ3) is 2.24. The van der Waals surface area contributed by atoms with E-state index in [1.54, 1.807) is 0 Å². The molecule has 0 radical (unpaired) electrons. The van der Waals surface area contributed by atoms with E-state index >= 15 is 0 Å². The van der Waals surface area contributed by atoms with Crippen LogP contribution >= 0.6 is 15.9 Å². The Morgan fingerprint density at radius 1 is 0.947 bits per heavy atom. The van der Waals surface area contributed by atoms with Gasteiger partial charge in [-0.1, -0.05) is 46.3 Å². The van der Waals surface area contributed by atoms with Crippen LogP contribution in [0.15, 0.2) is 53.0 Å². The zero-order valence-electron chi connectivity index (χ0n) is 9.97. The molecule has 0 atom stereocenters. The Balaban J connectivity index is 2.06. The summed E-state index contributed by atoms with van der Waals surface area (Å²) in [4.78, 5) is 4.50. The Hall–Kier alpha value is -2.14. The molecule has 5 heteroatoms. The van der Waals surface area contributed by atoms with Crippen molar-refractivity contribution in [1.29, 1.82) is 0 Å². The van der Waals surface area contributed by atoms with Crippen LogP contribution < -0.4 is 5.73 Å². The van der Waals surface area contributed by atoms with Crippen molar-refractivity contribution in [3.63, 3.8) is 0 Å². The SMILES string of the molecule is Nc1ccccc1-c1n[nH]c(-c2ccccc2Br)n1. The number of anilines is 1. The maximum Gasteiger partial charge on any atom is 0.183 e. The van der Waals surface area contributed by atoms with Gasteiger partial charge in [0.25, 0.3) is 0 Å². The number of para-hydroxylation sites is 1. The number of halogens is 1. The van der Waals surface area contributed by atoms with Crippen LogP contribution in [0, 0.1) is 0 Å². The Morgan fingerprint density at radius 2 is 1.63 bits per heavy atom. The maximum absolute atomic E-state index is 5.93. The average Bonchev–Trinajstić information content (AvgIpc) is 2.89. The van der Waals surface area contributed by atoms with Gasteiger partial charge in [0.15, 0.2) is 11.6 Å². The maximum atomic E-state index is 5.93. The van der Waals surface area contributed by atoms with Gasteiger partial charge in [0.2, 0.25) is 0 Å². The lowest BCUT2D eigenvalue weighted by atomic mass is 10.1. The minimum atomic E-state index is 0.601. The van der Waals surface area contributed by atoms with Gasteiger partial charge in [-0.3, -0.25) is 5.10 Å². The predicted octanol–water partition coefficient (Wildman–Crippen LogP) is 3.48. The number of nitrogen functional groups attached to an aromatic ring is 1. The number of nitrogens with zero attached hydrogens (tertiary/aromatic N) is 2. The van der Waals surface area contributed by atoms with Gasteiger partial charge in [-0.25, -0.2) is 4.98 Å². The molecule has 0 saturated heterocycles. The molecule has 4 nitrogen and oxygen atoms in total. The van der Waals surface area contributed by atoms with E-state index in [1.807, 2.05) is 48.5 Å². The number of hydrogen-bond donors (Lipinski definition) is 2. The number of benzene rings is 2. The Kier molecular flexibility index (Phi) is 3.05. The number of hydrogen-bond acceptors (Lipinski definition) is 3. The van der Waals surface area contributed by atoms with Crippen LogP contribution in [0.2, 0.25) is 0 Å². The van der Waals surface area contributed by atoms with Gasteiger partial charge >= 0.3 is 0 Å². The van der Waals surface area contributed by atoms with Gasteiger partial charge in [0.1, 0.15) is 0 Å². The van der Waals surface area contributed by atoms with Crippen LogP contribution in [-0.2, 0) is 0 Å². The molecule has 3 aromatic rings. The topological polar surface area (TPSA) is 67.6 Å². The molecular formula is C14H11BrN4. The molecule has 3 rings (SSSR count). The van der Waals surface area contributed by atoms with Crippen LogP contribution in [0.1, 0.15) is 0 Å². The molecule has 0 bridgehead atoms. The lowest BCUT2D eigenvalue weighted by Crippen LogP contribution is -1.90. The summed E-state index contributed by atoms with van der Waals surface area (Å²) in [7, 11) is 0. The van der Waals surface area contributed by atoms with Gasteiger partial charge in [-0.15, -0.1) is 0 Å². The lowest BCUT2D eigenvalue weighted by molar-refractivity contribution is 1.10. The predicted molar refractivity (Wildman–Crippen MR) is 79.4 cm³/mol. The molecule has 0 spiro atoms. The van der Waals surface area contributed by atoms with Gasteiger partial charge < -0.3 is 5.73 Å². The standard InChI is InChI=1S/C14H11BrN4/c15-11-7-3-1-5-9(11)13-17-14(19-18-13)10-6-2-4-8-12(10)16/h1-8H,16H2,(H,17,18,19). The van der Waals surface area contributed by atoms with Gasteiger partial charge in [0, 0.05) is 21.3 Å². The molecule has 0 amide bonds. The Labute approximate surface area is 118 Å². The molecule has 19 heavy (non-hydrogen) atoms. The van der Waals surface area contributed by atoms with Crippen molar-refractivity contribution >= 4 is 21.6 Å². The van der Waals surface area contributed by atoms with Crippen molar-refractivity contribution in [2.24, 2.45) is 0 Å². The van der Waals surface area contributed by atoms with E-state index < -0.39 is 0 Å². The molecule has 0 fully saturated rings. The highest BCUT2D eigenvalue weighted by molar-refractivity contribution is 9.10. The fraction of sp³-hybridized carbons (Fsp3) is 0. The van der Waals surface area contributed by atoms with E-state index in [4.69, 9.17) is 5.73 Å². The van der Waals surface area contributed by atoms with Crippen molar-refractivity contribution in [2.45, 2.75) is 0 Å². The van der Waals surface area contributed by atoms with E-state index in [9.17, 15) is 0 Å². The number of nitrogens with one attached hydrogen (secondary N) is 1. The summed E-state index contributed by atoms with van der Waals surface area (Å²) in [6, 6.07) is 15.4. The van der Waals surface area contributed by atoms with Crippen LogP contribution in [0.25, 0.3) is 22.8 Å². The summed E-state index contributed by atoms with van der Waals surface area (Å²) in [5.41, 5.74) is 8.39. The van der Waals surface area contributed by atoms with E-state index in [-0.39, 0.29) is 0 Å². The number of rotatable bonds is 2. The zero-order chi connectivity index (χ0) is 13.2. The van der Waals surface area contributed by atoms with Crippen molar-refractivity contribution in [1.82, 2.24) is 15.2 Å². The third-order valence-corrected chi connectivity index (χ3v) is 3.51. The zero-order valence-corrected chi connectivity index (χ0v) is 11.6. The molecule has 1 heterocycles. The first-order chi connectivity index (χ1) is 9.25. The summed E-state index contributed by atoms with van der Waals surface area (Å²) in [6.07, 6.45) is 0. The first-order valence-electron chi connectivity index (χ1n) is 5.78. The highest BCUT2D eigenvalue weighted by atomic mass is 79.9. The summed E-state index contributed by atoms with van der Waals surface area (Å²) in [5.74, 6) is 1.31. The van der Waals surface area contributed by atoms with Crippen molar-refractivity contribution < 1.29 is 0 Å². The number of nitrogens with two attached hydrogens (primary N) is 1. The third-order valence-electron chi connectivity index (χ3n) is 2.82. The minimum Gasteiger partial charge on any atom is -0.398 e. The van der Waals surface area contributed by atoms with E-state index in [2.05, 4.69) is 31.1 Å². The van der Waals surface area contributed by atoms with Crippen molar-refractivity contribution in [3.8, 4) is 22.8 Å². The van der Waals surface area contributed by atoms with Crippen LogP contribution in [0.3, 0.4) is 0 Å². The van der Waals surface area contributed by atoms with E-state index in [0.29, 0.717) is 17.3 Å². The lowest BCUT2D eigenvalue weighted by Gasteiger charge is -2.00. The van der Waals surface area contributed by atoms with Crippen LogP contribution in [0.5, 0.6) is 0 Å². The molecule has 3 N–H and O–H groups in total. The quantitative estimate of drug-likeness (QED) is 0.711. The molecule has 0 aliphatic heterocycles. The van der Waals surface area contributed by atoms with Gasteiger partial charge in [0.05, 0.1) is 0 Å². The summed E-state index contributed by atoms with van der Waals surface area (Å²) in [5, 5.41) is 7.17. The van der Waals surface area contributed by atoms with Crippen LogP contribution in [0.4, 0.5) is 5.69 Å². The first kappa shape index (κ1) is 11.9. The second kappa shape index (κ2) is 4.85. The second-order valence-electron chi connectivity index (χ2n) is 4.07. The molecular weight excluding hydrogens is 304 g/mol. The van der Waals surface area contributed by atoms with E-state index in [0.717, 1.165) is 15.6 Å². The Bertz CT molecular complexity index is 661. The number of H-pyrrole nitrogens is 1. The smallest absolute Gasteiger partial charge is 0.183 e. The first-order valence-corrected chi connectivity index (χ1v) is 6.57. The number of aromatic nitrogens is 3. The summed E-state index contributed by atoms with van der Waals surface area (Å²) >= 11 is 3.50. The fourth-order valence-corrected chi connectivity index (χ4v) is 2.33. The fourth-order valence-electron chi connectivity index (χ4n) is 1.86. The van der Waals surface area contributed by atoms with Gasteiger partial charge in [-0.05, 0) is 18.2 Å². The van der Waals surface area contributed by atoms with Gasteiger partial charge in [-0.2, -0.15) is 5.10 Å². The molecule has 1 aromatic heterocycles. The molecule has 0 unspecified atom stereocenters. The van der Waals surface area contributed by atoms with E-state index in [1.165, 1.54) is 0 Å². The highest BCUT2D eigenvalue weighted by Gasteiger charge is 2.11. The Morgan fingerprint density at radius 3 is 2.37 bits per heavy atom. The van der Waals surface area contributed by atoms with Crippen LogP contribution in [-0.4, -0.2) is 15.2 Å². The highest BCUT2D eigenvalue weighted by Crippen LogP contribution is 2.28. The number of aromatic amines is 1. The molecule has 2 aromatic carbocycles. The van der Waals surface area contributed by atoms with Crippen molar-refractivity contribution in [2.75, 3.05) is 5.73 Å². The molecule has 0 aliphatic rings. The van der Waals surface area contributed by atoms with Crippen molar-refractivity contribution in [3.05, 3.63) is 53.0 Å². The molecule has 0 aliphatic carbocycles.